The third kappa shape index (κ3) is 4.75. The summed E-state index contributed by atoms with van der Waals surface area (Å²) in [6.45, 7) is 6.12. The molecule has 6 aliphatic heterocycles. The van der Waals surface area contributed by atoms with Gasteiger partial charge in [-0.3, -0.25) is 4.79 Å². The average molecular weight is 479 g/mol. The fourth-order valence-corrected chi connectivity index (χ4v) is 6.78. The summed E-state index contributed by atoms with van der Waals surface area (Å²) in [7, 11) is 0. The highest BCUT2D eigenvalue weighted by Crippen LogP contribution is 2.44. The molecule has 0 aromatic rings. The van der Waals surface area contributed by atoms with E-state index in [0.29, 0.717) is 32.0 Å². The number of hydrogen-bond donors (Lipinski definition) is 1. The van der Waals surface area contributed by atoms with E-state index in [1.54, 1.807) is 0 Å². The monoisotopic (exact) mass is 478 g/mol. The van der Waals surface area contributed by atoms with Crippen LogP contribution in [-0.4, -0.2) is 91.8 Å². The largest absolute Gasteiger partial charge is 0.387 e. The molecular formula is C26H38O8. The number of Topliss-reactive ketones (excluding diaryl/α,β-unsaturated/α-hetero) is 1. The summed E-state index contributed by atoms with van der Waals surface area (Å²) in [6, 6.07) is 0. The molecule has 0 bridgehead atoms. The Hall–Kier alpha value is -0.870. The highest BCUT2D eigenvalue weighted by Gasteiger charge is 2.60. The van der Waals surface area contributed by atoms with Crippen molar-refractivity contribution in [3.63, 3.8) is 0 Å². The average Bonchev–Trinajstić information content (AvgIpc) is 3.59. The molecule has 6 heterocycles. The van der Waals surface area contributed by atoms with Crippen molar-refractivity contribution in [1.29, 1.82) is 0 Å². The van der Waals surface area contributed by atoms with Crippen LogP contribution < -0.4 is 0 Å². The van der Waals surface area contributed by atoms with Crippen LogP contribution in [0.2, 0.25) is 0 Å². The fourth-order valence-electron chi connectivity index (χ4n) is 6.78. The van der Waals surface area contributed by atoms with Crippen molar-refractivity contribution >= 4 is 5.78 Å². The van der Waals surface area contributed by atoms with Crippen molar-refractivity contribution in [3.05, 3.63) is 12.2 Å². The van der Waals surface area contributed by atoms with Crippen LogP contribution in [0.4, 0.5) is 0 Å². The lowest BCUT2D eigenvalue weighted by molar-refractivity contribution is -0.263. The molecule has 6 rings (SSSR count). The number of fused-ring (bicyclic) bond motifs is 4. The van der Waals surface area contributed by atoms with E-state index in [2.05, 4.69) is 6.58 Å². The second-order valence-electron chi connectivity index (χ2n) is 11.2. The van der Waals surface area contributed by atoms with Crippen molar-refractivity contribution in [2.45, 2.75) is 119 Å². The van der Waals surface area contributed by atoms with E-state index in [1.165, 1.54) is 5.57 Å². The van der Waals surface area contributed by atoms with Gasteiger partial charge in [-0.05, 0) is 50.0 Å². The fraction of sp³-hybridized carbons (Fsp3) is 0.885. The second kappa shape index (κ2) is 9.88. The molecule has 6 saturated heterocycles. The number of carbonyl (C=O) groups excluding carboxylic acids is 1. The first kappa shape index (κ1) is 23.5. The Labute approximate surface area is 201 Å². The maximum atomic E-state index is 12.5. The predicted molar refractivity (Wildman–Crippen MR) is 120 cm³/mol. The van der Waals surface area contributed by atoms with E-state index in [9.17, 15) is 9.90 Å². The van der Waals surface area contributed by atoms with Crippen molar-refractivity contribution in [3.8, 4) is 0 Å². The van der Waals surface area contributed by atoms with Gasteiger partial charge in [-0.1, -0.05) is 6.58 Å². The summed E-state index contributed by atoms with van der Waals surface area (Å²) in [6.07, 6.45) is 5.04. The lowest BCUT2D eigenvalue weighted by Crippen LogP contribution is -2.61. The van der Waals surface area contributed by atoms with Gasteiger partial charge in [0.15, 0.2) is 0 Å². The Morgan fingerprint density at radius 3 is 2.50 bits per heavy atom. The number of ether oxygens (including phenoxy) is 6. The molecule has 8 heteroatoms. The van der Waals surface area contributed by atoms with Gasteiger partial charge in [-0.25, -0.2) is 0 Å². The number of hydrogen-bond acceptors (Lipinski definition) is 8. The zero-order valence-electron chi connectivity index (χ0n) is 19.8. The molecule has 6 aliphatic rings. The Balaban J connectivity index is 0.999. The van der Waals surface area contributed by atoms with Gasteiger partial charge >= 0.3 is 0 Å². The molecule has 6 fully saturated rings. The third-order valence-corrected chi connectivity index (χ3v) is 8.53. The number of ketones is 1. The number of aliphatic hydroxyl groups excluding tert-OH is 1. The van der Waals surface area contributed by atoms with E-state index in [4.69, 9.17) is 28.4 Å². The topological polar surface area (TPSA) is 92.7 Å². The lowest BCUT2D eigenvalue weighted by atomic mass is 9.87. The van der Waals surface area contributed by atoms with Gasteiger partial charge in [0.2, 0.25) is 0 Å². The number of carbonyl (C=O) groups is 1. The summed E-state index contributed by atoms with van der Waals surface area (Å²) in [4.78, 5) is 12.5. The van der Waals surface area contributed by atoms with Crippen LogP contribution in [0.3, 0.4) is 0 Å². The van der Waals surface area contributed by atoms with Crippen LogP contribution in [0.1, 0.15) is 57.8 Å². The van der Waals surface area contributed by atoms with Gasteiger partial charge in [0.25, 0.3) is 0 Å². The van der Waals surface area contributed by atoms with Gasteiger partial charge in [-0.15, -0.1) is 0 Å². The Kier molecular flexibility index (Phi) is 6.84. The first-order valence-corrected chi connectivity index (χ1v) is 13.2. The molecule has 34 heavy (non-hydrogen) atoms. The zero-order chi connectivity index (χ0) is 23.2. The van der Waals surface area contributed by atoms with Crippen LogP contribution >= 0.6 is 0 Å². The lowest BCUT2D eigenvalue weighted by Gasteiger charge is -2.46. The van der Waals surface area contributed by atoms with Crippen LogP contribution in [0, 0.1) is 5.92 Å². The first-order valence-electron chi connectivity index (χ1n) is 13.2. The van der Waals surface area contributed by atoms with Gasteiger partial charge in [-0.2, -0.15) is 0 Å². The first-order chi connectivity index (χ1) is 16.5. The zero-order valence-corrected chi connectivity index (χ0v) is 19.8. The minimum atomic E-state index is -0.768. The number of rotatable bonds is 7. The molecule has 190 valence electrons. The smallest absolute Gasteiger partial charge is 0.135 e. The number of aliphatic hydroxyl groups is 1. The van der Waals surface area contributed by atoms with Gasteiger partial charge in [0.1, 0.15) is 36.3 Å². The Morgan fingerprint density at radius 1 is 0.882 bits per heavy atom. The molecule has 0 aromatic carbocycles. The SMILES string of the molecule is C=C1CO[C@@H](CC[C@@H]2C[C@H]3O[C@@H]4C(O[C@H]5CC[C@H](CC(=O)C[C@@H]6CCOC6)OC5[C@@H]4O)C3O2)C1. The van der Waals surface area contributed by atoms with E-state index in [0.717, 1.165) is 51.6 Å². The molecule has 0 radical (unpaired) electrons. The molecule has 0 saturated carbocycles. The van der Waals surface area contributed by atoms with Crippen molar-refractivity contribution < 1.29 is 38.3 Å². The molecule has 0 amide bonds. The summed E-state index contributed by atoms with van der Waals surface area (Å²) in [5, 5.41) is 11.1. The van der Waals surface area contributed by atoms with Crippen LogP contribution in [0.15, 0.2) is 12.2 Å². The summed E-state index contributed by atoms with van der Waals surface area (Å²) < 4.78 is 36.4. The molecule has 11 atom stereocenters. The minimum absolute atomic E-state index is 0.0553. The highest BCUT2D eigenvalue weighted by atomic mass is 16.6. The normalized spacial score (nSPS) is 48.0. The molecule has 0 aromatic heterocycles. The van der Waals surface area contributed by atoms with Crippen LogP contribution in [-0.2, 0) is 33.2 Å². The van der Waals surface area contributed by atoms with Crippen molar-refractivity contribution in [2.24, 2.45) is 5.92 Å². The summed E-state index contributed by atoms with van der Waals surface area (Å²) in [5.74, 6) is 0.565. The van der Waals surface area contributed by atoms with Crippen molar-refractivity contribution in [2.75, 3.05) is 19.8 Å². The quantitative estimate of drug-likeness (QED) is 0.556. The standard InChI is InChI=1S/C26H38O8/c1-14-8-17(30-12-14)2-3-19-11-21-24(32-19)26-25(34-21)22(28)23-20(33-26)5-4-18(31-23)10-16(27)9-15-6-7-29-13-15/h15,17-26,28H,1-13H2/t15-,17-,18+,19+,20-,21+,22-,23?,24?,25-,26?/m0/s1. The molecule has 3 unspecified atom stereocenters. The van der Waals surface area contributed by atoms with Gasteiger partial charge in [0.05, 0.1) is 37.1 Å². The van der Waals surface area contributed by atoms with E-state index < -0.39 is 18.3 Å². The maximum absolute atomic E-state index is 12.5. The van der Waals surface area contributed by atoms with E-state index in [1.807, 2.05) is 0 Å². The molecule has 1 N–H and O–H groups in total. The summed E-state index contributed by atoms with van der Waals surface area (Å²) in [5.41, 5.74) is 1.17. The van der Waals surface area contributed by atoms with Crippen LogP contribution in [0.5, 0.6) is 0 Å². The molecule has 0 spiro atoms. The maximum Gasteiger partial charge on any atom is 0.135 e. The highest BCUT2D eigenvalue weighted by molar-refractivity contribution is 5.79. The molecule has 0 aliphatic carbocycles. The van der Waals surface area contributed by atoms with E-state index in [-0.39, 0.29) is 48.5 Å². The third-order valence-electron chi connectivity index (χ3n) is 8.53. The summed E-state index contributed by atoms with van der Waals surface area (Å²) >= 11 is 0. The molecular weight excluding hydrogens is 440 g/mol. The second-order valence-corrected chi connectivity index (χ2v) is 11.2. The van der Waals surface area contributed by atoms with E-state index >= 15 is 0 Å². The Bertz CT molecular complexity index is 766. The van der Waals surface area contributed by atoms with Crippen LogP contribution in [0.25, 0.3) is 0 Å². The molecule has 8 nitrogen and oxygen atoms in total. The van der Waals surface area contributed by atoms with Gasteiger partial charge in [0, 0.05) is 32.5 Å². The predicted octanol–water partition coefficient (Wildman–Crippen LogP) is 2.10. The van der Waals surface area contributed by atoms with Crippen molar-refractivity contribution in [1.82, 2.24) is 0 Å². The van der Waals surface area contributed by atoms with Gasteiger partial charge < -0.3 is 33.5 Å². The minimum Gasteiger partial charge on any atom is -0.387 e. The Morgan fingerprint density at radius 2 is 1.71 bits per heavy atom.